The Labute approximate surface area is 145 Å². The SMILES string of the molecule is CC(Oc1ccc2c(c1)OCO2)C(=O)NCCCc1ccc(F)cc1. The Balaban J connectivity index is 1.41. The molecule has 6 heteroatoms. The number of ether oxygens (including phenoxy) is 3. The highest BCUT2D eigenvalue weighted by atomic mass is 19.1. The summed E-state index contributed by atoms with van der Waals surface area (Å²) in [6.07, 6.45) is 0.928. The summed E-state index contributed by atoms with van der Waals surface area (Å²) in [4.78, 5) is 12.1. The van der Waals surface area contributed by atoms with Crippen molar-refractivity contribution in [1.82, 2.24) is 5.32 Å². The van der Waals surface area contributed by atoms with E-state index >= 15 is 0 Å². The molecule has 1 unspecified atom stereocenters. The fraction of sp³-hybridized carbons (Fsp3) is 0.316. The lowest BCUT2D eigenvalue weighted by molar-refractivity contribution is -0.127. The molecule has 0 bridgehead atoms. The lowest BCUT2D eigenvalue weighted by atomic mass is 10.1. The summed E-state index contributed by atoms with van der Waals surface area (Å²) in [5.74, 6) is 1.41. The minimum Gasteiger partial charge on any atom is -0.481 e. The van der Waals surface area contributed by atoms with E-state index in [2.05, 4.69) is 5.32 Å². The molecule has 0 fully saturated rings. The third kappa shape index (κ3) is 4.62. The number of benzene rings is 2. The molecule has 0 radical (unpaired) electrons. The molecule has 2 aromatic carbocycles. The van der Waals surface area contributed by atoms with Gasteiger partial charge < -0.3 is 19.5 Å². The molecule has 5 nitrogen and oxygen atoms in total. The number of rotatable bonds is 7. The summed E-state index contributed by atoms with van der Waals surface area (Å²) >= 11 is 0. The highest BCUT2D eigenvalue weighted by molar-refractivity contribution is 5.80. The van der Waals surface area contributed by atoms with Crippen molar-refractivity contribution in [3.8, 4) is 17.2 Å². The second-order valence-corrected chi connectivity index (χ2v) is 5.80. The van der Waals surface area contributed by atoms with Crippen LogP contribution >= 0.6 is 0 Å². The maximum absolute atomic E-state index is 12.8. The molecule has 2 aromatic rings. The monoisotopic (exact) mass is 345 g/mol. The Hall–Kier alpha value is -2.76. The van der Waals surface area contributed by atoms with Crippen LogP contribution in [0.25, 0.3) is 0 Å². The molecule has 1 N–H and O–H groups in total. The van der Waals surface area contributed by atoms with Crippen LogP contribution in [0.5, 0.6) is 17.2 Å². The summed E-state index contributed by atoms with van der Waals surface area (Å²) in [5.41, 5.74) is 1.04. The van der Waals surface area contributed by atoms with Crippen molar-refractivity contribution in [3.05, 3.63) is 53.8 Å². The number of halogens is 1. The van der Waals surface area contributed by atoms with E-state index in [0.29, 0.717) is 23.8 Å². The van der Waals surface area contributed by atoms with Crippen LogP contribution in [0.1, 0.15) is 18.9 Å². The Kier molecular flexibility index (Phi) is 5.38. The standard InChI is InChI=1S/C19H20FNO4/c1-13(25-16-8-9-17-18(11-16)24-12-23-17)19(22)21-10-2-3-14-4-6-15(20)7-5-14/h4-9,11,13H,2-3,10,12H2,1H3,(H,21,22). The van der Waals surface area contributed by atoms with Crippen LogP contribution in [-0.4, -0.2) is 25.3 Å². The van der Waals surface area contributed by atoms with Gasteiger partial charge in [-0.2, -0.15) is 0 Å². The Morgan fingerprint density at radius 3 is 2.76 bits per heavy atom. The van der Waals surface area contributed by atoms with Crippen LogP contribution < -0.4 is 19.5 Å². The van der Waals surface area contributed by atoms with Crippen molar-refractivity contribution in [2.45, 2.75) is 25.9 Å². The first kappa shape index (κ1) is 17.1. The van der Waals surface area contributed by atoms with Crippen LogP contribution in [0.4, 0.5) is 4.39 Å². The van der Waals surface area contributed by atoms with Gasteiger partial charge in [-0.15, -0.1) is 0 Å². The smallest absolute Gasteiger partial charge is 0.260 e. The quantitative estimate of drug-likeness (QED) is 0.784. The van der Waals surface area contributed by atoms with E-state index < -0.39 is 6.10 Å². The van der Waals surface area contributed by atoms with Crippen LogP contribution in [0.2, 0.25) is 0 Å². The van der Waals surface area contributed by atoms with E-state index in [1.165, 1.54) is 12.1 Å². The normalized spacial score (nSPS) is 13.4. The molecule has 1 aliphatic heterocycles. The minimum atomic E-state index is -0.619. The predicted octanol–water partition coefficient (Wildman–Crippen LogP) is 3.07. The van der Waals surface area contributed by atoms with E-state index in [1.54, 1.807) is 37.3 Å². The number of aryl methyl sites for hydroxylation is 1. The first-order valence-corrected chi connectivity index (χ1v) is 8.20. The molecular weight excluding hydrogens is 325 g/mol. The van der Waals surface area contributed by atoms with Gasteiger partial charge in [0.1, 0.15) is 11.6 Å². The minimum absolute atomic E-state index is 0.184. The lowest BCUT2D eigenvalue weighted by Crippen LogP contribution is -2.36. The Bertz CT molecular complexity index is 733. The summed E-state index contributed by atoms with van der Waals surface area (Å²) in [5, 5.41) is 2.84. The molecule has 1 aliphatic rings. The van der Waals surface area contributed by atoms with Crippen molar-refractivity contribution in [1.29, 1.82) is 0 Å². The highest BCUT2D eigenvalue weighted by Crippen LogP contribution is 2.35. The summed E-state index contributed by atoms with van der Waals surface area (Å²) in [6, 6.07) is 11.6. The molecule has 132 valence electrons. The average molecular weight is 345 g/mol. The van der Waals surface area contributed by atoms with E-state index in [0.717, 1.165) is 18.4 Å². The number of carbonyl (C=O) groups excluding carboxylic acids is 1. The number of nitrogens with one attached hydrogen (secondary N) is 1. The molecule has 0 saturated carbocycles. The zero-order chi connectivity index (χ0) is 17.6. The first-order chi connectivity index (χ1) is 12.1. The van der Waals surface area contributed by atoms with Crippen molar-refractivity contribution in [2.75, 3.05) is 13.3 Å². The van der Waals surface area contributed by atoms with Crippen LogP contribution in [0, 0.1) is 5.82 Å². The fourth-order valence-corrected chi connectivity index (χ4v) is 2.51. The van der Waals surface area contributed by atoms with E-state index in [-0.39, 0.29) is 18.5 Å². The number of hydrogen-bond acceptors (Lipinski definition) is 4. The third-order valence-corrected chi connectivity index (χ3v) is 3.88. The van der Waals surface area contributed by atoms with E-state index in [1.807, 2.05) is 0 Å². The molecule has 0 aromatic heterocycles. The van der Waals surface area contributed by atoms with Crippen LogP contribution in [0.15, 0.2) is 42.5 Å². The number of hydrogen-bond donors (Lipinski definition) is 1. The molecule has 1 amide bonds. The predicted molar refractivity (Wildman–Crippen MR) is 90.4 cm³/mol. The Morgan fingerprint density at radius 1 is 1.20 bits per heavy atom. The van der Waals surface area contributed by atoms with Crippen molar-refractivity contribution >= 4 is 5.91 Å². The van der Waals surface area contributed by atoms with Gasteiger partial charge in [-0.05, 0) is 49.6 Å². The lowest BCUT2D eigenvalue weighted by Gasteiger charge is -2.15. The zero-order valence-corrected chi connectivity index (χ0v) is 14.0. The third-order valence-electron chi connectivity index (χ3n) is 3.88. The van der Waals surface area contributed by atoms with E-state index in [9.17, 15) is 9.18 Å². The summed E-state index contributed by atoms with van der Waals surface area (Å²) in [6.45, 7) is 2.42. The fourth-order valence-electron chi connectivity index (χ4n) is 2.51. The molecule has 25 heavy (non-hydrogen) atoms. The molecule has 0 aliphatic carbocycles. The maximum Gasteiger partial charge on any atom is 0.260 e. The largest absolute Gasteiger partial charge is 0.481 e. The molecule has 1 heterocycles. The van der Waals surface area contributed by atoms with Gasteiger partial charge >= 0.3 is 0 Å². The molecule has 3 rings (SSSR count). The summed E-state index contributed by atoms with van der Waals surface area (Å²) in [7, 11) is 0. The topological polar surface area (TPSA) is 56.8 Å². The van der Waals surface area contributed by atoms with Gasteiger partial charge in [0.15, 0.2) is 17.6 Å². The van der Waals surface area contributed by atoms with Crippen LogP contribution in [-0.2, 0) is 11.2 Å². The van der Waals surface area contributed by atoms with Gasteiger partial charge in [0.2, 0.25) is 6.79 Å². The summed E-state index contributed by atoms with van der Waals surface area (Å²) < 4.78 is 29.0. The van der Waals surface area contributed by atoms with Crippen molar-refractivity contribution < 1.29 is 23.4 Å². The number of carbonyl (C=O) groups is 1. The van der Waals surface area contributed by atoms with Crippen molar-refractivity contribution in [3.63, 3.8) is 0 Å². The number of amides is 1. The maximum atomic E-state index is 12.8. The van der Waals surface area contributed by atoms with Gasteiger partial charge in [0.25, 0.3) is 5.91 Å². The van der Waals surface area contributed by atoms with Gasteiger partial charge in [0, 0.05) is 12.6 Å². The van der Waals surface area contributed by atoms with E-state index in [4.69, 9.17) is 14.2 Å². The van der Waals surface area contributed by atoms with Gasteiger partial charge in [0.05, 0.1) is 0 Å². The van der Waals surface area contributed by atoms with Gasteiger partial charge in [-0.25, -0.2) is 4.39 Å². The van der Waals surface area contributed by atoms with Gasteiger partial charge in [-0.1, -0.05) is 12.1 Å². The molecule has 0 spiro atoms. The average Bonchev–Trinajstić information content (AvgIpc) is 3.07. The zero-order valence-electron chi connectivity index (χ0n) is 14.0. The number of fused-ring (bicyclic) bond motifs is 1. The highest BCUT2D eigenvalue weighted by Gasteiger charge is 2.17. The van der Waals surface area contributed by atoms with Gasteiger partial charge in [-0.3, -0.25) is 4.79 Å². The second-order valence-electron chi connectivity index (χ2n) is 5.80. The second kappa shape index (κ2) is 7.88. The van der Waals surface area contributed by atoms with Crippen LogP contribution in [0.3, 0.4) is 0 Å². The molecule has 0 saturated heterocycles. The Morgan fingerprint density at radius 2 is 1.96 bits per heavy atom. The molecule has 1 atom stereocenters. The first-order valence-electron chi connectivity index (χ1n) is 8.20. The van der Waals surface area contributed by atoms with Crippen molar-refractivity contribution in [2.24, 2.45) is 0 Å². The molecular formula is C19H20FNO4.